The van der Waals surface area contributed by atoms with Gasteiger partial charge in [-0.05, 0) is 30.7 Å². The number of nitrogens with zero attached hydrogens (tertiary/aromatic N) is 1. The zero-order valence-corrected chi connectivity index (χ0v) is 11.8. The predicted molar refractivity (Wildman–Crippen MR) is 81.3 cm³/mol. The van der Waals surface area contributed by atoms with Crippen molar-refractivity contribution in [3.63, 3.8) is 0 Å². The third-order valence-corrected chi connectivity index (χ3v) is 3.56. The number of carbonyl (C=O) groups excluding carboxylic acids is 1. The highest BCUT2D eigenvalue weighted by Gasteiger charge is 2.15. The Morgan fingerprint density at radius 3 is 2.90 bits per heavy atom. The maximum absolute atomic E-state index is 12.4. The first kappa shape index (κ1) is 13.5. The molecule has 0 aliphatic rings. The van der Waals surface area contributed by atoms with Crippen LogP contribution in [0.3, 0.4) is 0 Å². The van der Waals surface area contributed by atoms with Gasteiger partial charge in [0.2, 0.25) is 5.43 Å². The molecule has 0 fully saturated rings. The SMILES string of the molecule is Cc1cc(Cl)[nH]c2ccc3c(=O)c(C(=O)NN)cnc3c12. The number of aromatic nitrogens is 2. The van der Waals surface area contributed by atoms with Gasteiger partial charge in [-0.25, -0.2) is 5.84 Å². The van der Waals surface area contributed by atoms with Gasteiger partial charge in [-0.15, -0.1) is 0 Å². The number of aryl methyl sites for hydroxylation is 1. The van der Waals surface area contributed by atoms with Crippen molar-refractivity contribution in [3.8, 4) is 0 Å². The number of H-pyrrole nitrogens is 1. The number of benzene rings is 1. The Balaban J connectivity index is 2.46. The standard InChI is InChI=1S/C14H11ClN4O2/c1-6-4-10(15)18-9-3-2-7-12(11(6)9)17-5-8(13(7)20)14(21)19-16/h2-5,18H,16H2,1H3,(H,19,21). The van der Waals surface area contributed by atoms with Crippen LogP contribution in [0.4, 0.5) is 0 Å². The minimum absolute atomic E-state index is 0.0834. The smallest absolute Gasteiger partial charge is 0.270 e. The molecule has 106 valence electrons. The maximum atomic E-state index is 12.4. The summed E-state index contributed by atoms with van der Waals surface area (Å²) < 4.78 is 0. The van der Waals surface area contributed by atoms with E-state index < -0.39 is 11.3 Å². The van der Waals surface area contributed by atoms with Crippen molar-refractivity contribution in [1.29, 1.82) is 0 Å². The molecule has 3 rings (SSSR count). The van der Waals surface area contributed by atoms with Crippen molar-refractivity contribution in [3.05, 3.63) is 50.9 Å². The Bertz CT molecular complexity index is 949. The molecule has 6 nitrogen and oxygen atoms in total. The average molecular weight is 303 g/mol. The monoisotopic (exact) mass is 302 g/mol. The van der Waals surface area contributed by atoms with Crippen molar-refractivity contribution in [1.82, 2.24) is 15.4 Å². The molecule has 7 heteroatoms. The van der Waals surface area contributed by atoms with E-state index in [1.807, 2.05) is 12.3 Å². The highest BCUT2D eigenvalue weighted by molar-refractivity contribution is 6.30. The number of nitrogens with one attached hydrogen (secondary N) is 2. The van der Waals surface area contributed by atoms with Gasteiger partial charge in [0.05, 0.1) is 5.52 Å². The molecule has 4 N–H and O–H groups in total. The number of amides is 1. The largest absolute Gasteiger partial charge is 0.346 e. The summed E-state index contributed by atoms with van der Waals surface area (Å²) >= 11 is 5.99. The van der Waals surface area contributed by atoms with E-state index in [0.717, 1.165) is 16.5 Å². The number of halogens is 1. The molecule has 2 heterocycles. The third-order valence-electron chi connectivity index (χ3n) is 3.36. The van der Waals surface area contributed by atoms with Gasteiger partial charge in [0, 0.05) is 22.5 Å². The summed E-state index contributed by atoms with van der Waals surface area (Å²) in [7, 11) is 0. The van der Waals surface area contributed by atoms with Gasteiger partial charge in [0.25, 0.3) is 5.91 Å². The lowest BCUT2D eigenvalue weighted by Crippen LogP contribution is -2.33. The van der Waals surface area contributed by atoms with Crippen LogP contribution >= 0.6 is 11.6 Å². The Hall–Kier alpha value is -2.44. The number of nitrogens with two attached hydrogens (primary N) is 1. The van der Waals surface area contributed by atoms with Crippen LogP contribution in [0.1, 0.15) is 15.9 Å². The highest BCUT2D eigenvalue weighted by Crippen LogP contribution is 2.26. The first-order valence-corrected chi connectivity index (χ1v) is 6.52. The third kappa shape index (κ3) is 2.05. The van der Waals surface area contributed by atoms with Crippen LogP contribution in [0.2, 0.25) is 5.15 Å². The summed E-state index contributed by atoms with van der Waals surface area (Å²) in [6, 6.07) is 5.12. The van der Waals surface area contributed by atoms with Crippen molar-refractivity contribution in [2.45, 2.75) is 6.92 Å². The first-order valence-electron chi connectivity index (χ1n) is 6.14. The number of carbonyl (C=O) groups is 1. The predicted octanol–water partition coefficient (Wildman–Crippen LogP) is 1.64. The molecule has 0 unspecified atom stereocenters. The lowest BCUT2D eigenvalue weighted by molar-refractivity contribution is 0.0952. The molecule has 21 heavy (non-hydrogen) atoms. The first-order chi connectivity index (χ1) is 10.0. The molecule has 1 aromatic carbocycles. The molecule has 0 spiro atoms. The molecule has 0 atom stereocenters. The van der Waals surface area contributed by atoms with Crippen molar-refractivity contribution < 1.29 is 4.79 Å². The zero-order valence-electron chi connectivity index (χ0n) is 11.0. The minimum atomic E-state index is -0.658. The van der Waals surface area contributed by atoms with Gasteiger partial charge in [0.1, 0.15) is 10.7 Å². The van der Waals surface area contributed by atoms with E-state index in [-0.39, 0.29) is 5.56 Å². The van der Waals surface area contributed by atoms with Gasteiger partial charge in [-0.2, -0.15) is 0 Å². The topological polar surface area (TPSA) is 101 Å². The number of hydrogen-bond acceptors (Lipinski definition) is 4. The van der Waals surface area contributed by atoms with Crippen molar-refractivity contribution in [2.24, 2.45) is 5.84 Å². The van der Waals surface area contributed by atoms with Gasteiger partial charge in [-0.1, -0.05) is 11.6 Å². The van der Waals surface area contributed by atoms with Crippen LogP contribution in [0.5, 0.6) is 0 Å². The van der Waals surface area contributed by atoms with E-state index in [4.69, 9.17) is 17.4 Å². The molecule has 2 aromatic heterocycles. The van der Waals surface area contributed by atoms with E-state index in [2.05, 4.69) is 9.97 Å². The van der Waals surface area contributed by atoms with Crippen LogP contribution in [0.15, 0.2) is 29.2 Å². The maximum Gasteiger partial charge on any atom is 0.270 e. The Morgan fingerprint density at radius 2 is 2.19 bits per heavy atom. The summed E-state index contributed by atoms with van der Waals surface area (Å²) in [5, 5.41) is 1.66. The van der Waals surface area contributed by atoms with Crippen molar-refractivity contribution in [2.75, 3.05) is 0 Å². The molecular formula is C14H11ClN4O2. The number of hydrogen-bond donors (Lipinski definition) is 3. The van der Waals surface area contributed by atoms with Crippen LogP contribution < -0.4 is 16.7 Å². The fourth-order valence-corrected chi connectivity index (χ4v) is 2.68. The molecule has 0 aliphatic heterocycles. The fraction of sp³-hybridized carbons (Fsp3) is 0.0714. The van der Waals surface area contributed by atoms with E-state index in [9.17, 15) is 9.59 Å². The number of rotatable bonds is 1. The van der Waals surface area contributed by atoms with Crippen molar-refractivity contribution >= 4 is 39.3 Å². The Kier molecular flexibility index (Phi) is 3.12. The van der Waals surface area contributed by atoms with Crippen LogP contribution in [0.25, 0.3) is 21.8 Å². The zero-order chi connectivity index (χ0) is 15.1. The number of aromatic amines is 1. The average Bonchev–Trinajstić information content (AvgIpc) is 2.46. The Labute approximate surface area is 123 Å². The molecular weight excluding hydrogens is 292 g/mol. The second kappa shape index (κ2) is 4.83. The molecule has 1 amide bonds. The Morgan fingerprint density at radius 1 is 1.43 bits per heavy atom. The van der Waals surface area contributed by atoms with E-state index in [0.29, 0.717) is 16.1 Å². The second-order valence-corrected chi connectivity index (χ2v) is 5.07. The summed E-state index contributed by atoms with van der Waals surface area (Å²) in [4.78, 5) is 31.2. The summed E-state index contributed by atoms with van der Waals surface area (Å²) in [5.41, 5.74) is 3.64. The lowest BCUT2D eigenvalue weighted by atomic mass is 10.0. The van der Waals surface area contributed by atoms with Crippen LogP contribution in [0, 0.1) is 6.92 Å². The molecule has 0 saturated carbocycles. The van der Waals surface area contributed by atoms with Gasteiger partial charge >= 0.3 is 0 Å². The van der Waals surface area contributed by atoms with Gasteiger partial charge in [0.15, 0.2) is 0 Å². The van der Waals surface area contributed by atoms with Crippen LogP contribution in [-0.4, -0.2) is 15.9 Å². The normalized spacial score (nSPS) is 11.0. The summed E-state index contributed by atoms with van der Waals surface area (Å²) in [6.45, 7) is 1.88. The highest BCUT2D eigenvalue weighted by atomic mass is 35.5. The summed E-state index contributed by atoms with van der Waals surface area (Å²) in [6.07, 6.45) is 1.24. The summed E-state index contributed by atoms with van der Waals surface area (Å²) in [5.74, 6) is 4.40. The van der Waals surface area contributed by atoms with Gasteiger partial charge < -0.3 is 4.98 Å². The number of fused-ring (bicyclic) bond motifs is 3. The number of hydrazine groups is 1. The molecule has 0 radical (unpaired) electrons. The lowest BCUT2D eigenvalue weighted by Gasteiger charge is -2.08. The number of pyridine rings is 2. The van der Waals surface area contributed by atoms with E-state index in [1.165, 1.54) is 6.20 Å². The van der Waals surface area contributed by atoms with E-state index in [1.54, 1.807) is 18.2 Å². The van der Waals surface area contributed by atoms with Crippen LogP contribution in [-0.2, 0) is 0 Å². The molecule has 0 aliphatic carbocycles. The van der Waals surface area contributed by atoms with E-state index >= 15 is 0 Å². The fourth-order valence-electron chi connectivity index (χ4n) is 2.41. The van der Waals surface area contributed by atoms with Gasteiger partial charge in [-0.3, -0.25) is 20.0 Å². The minimum Gasteiger partial charge on any atom is -0.346 e. The number of nitrogen functional groups attached to an aromatic ring is 1. The molecule has 3 aromatic rings. The molecule has 0 saturated heterocycles. The molecule has 0 bridgehead atoms. The quantitative estimate of drug-likeness (QED) is 0.209. The second-order valence-electron chi connectivity index (χ2n) is 4.66.